The molecule has 0 saturated heterocycles. The Morgan fingerprint density at radius 3 is 2.00 bits per heavy atom. The van der Waals surface area contributed by atoms with E-state index in [0.717, 1.165) is 11.1 Å². The summed E-state index contributed by atoms with van der Waals surface area (Å²) in [4.78, 5) is 24.4. The van der Waals surface area contributed by atoms with Gasteiger partial charge < -0.3 is 0 Å². The second kappa shape index (κ2) is 7.54. The molecule has 1 aromatic rings. The molecule has 23 heavy (non-hydrogen) atoms. The van der Waals surface area contributed by atoms with Gasteiger partial charge in [0.25, 0.3) is 0 Å². The topological polar surface area (TPSA) is 34.1 Å². The fraction of sp³-hybridized carbons (Fsp3) is 0.429. The Bertz CT molecular complexity index is 660. The largest absolute Gasteiger partial charge is 0.293 e. The average molecular weight is 312 g/mol. The normalized spacial score (nSPS) is 20.6. The Hall–Kier alpha value is -1.96. The van der Waals surface area contributed by atoms with Crippen LogP contribution in [-0.2, 0) is 15.0 Å². The molecular formula is C21H28O2. The Labute approximate surface area is 140 Å². The smallest absolute Gasteiger partial charge is 0.174 e. The summed E-state index contributed by atoms with van der Waals surface area (Å²) in [6.45, 7) is 13.9. The van der Waals surface area contributed by atoms with Crippen LogP contribution in [0.3, 0.4) is 0 Å². The lowest BCUT2D eigenvalue weighted by atomic mass is 9.81. The maximum Gasteiger partial charge on any atom is 0.174 e. The van der Waals surface area contributed by atoms with E-state index in [9.17, 15) is 9.59 Å². The number of fused-ring (bicyclic) bond motifs is 2. The highest BCUT2D eigenvalue weighted by atomic mass is 16.2. The Balaban J connectivity index is 0.000000615. The highest BCUT2D eigenvalue weighted by Crippen LogP contribution is 2.40. The lowest BCUT2D eigenvalue weighted by Gasteiger charge is -2.22. The maximum absolute atomic E-state index is 12.2. The van der Waals surface area contributed by atoms with E-state index in [4.69, 9.17) is 0 Å². The van der Waals surface area contributed by atoms with E-state index in [1.165, 1.54) is 0 Å². The number of hydrogen-bond donors (Lipinski definition) is 0. The molecule has 1 saturated carbocycles. The van der Waals surface area contributed by atoms with Crippen molar-refractivity contribution in [3.63, 3.8) is 0 Å². The first-order chi connectivity index (χ1) is 10.9. The first-order valence-corrected chi connectivity index (χ1v) is 8.54. The van der Waals surface area contributed by atoms with E-state index in [1.54, 1.807) is 6.92 Å². The molecule has 1 aromatic carbocycles. The zero-order chi connectivity index (χ0) is 17.8. The van der Waals surface area contributed by atoms with Crippen LogP contribution < -0.4 is 0 Å². The first-order valence-electron chi connectivity index (χ1n) is 8.54. The van der Waals surface area contributed by atoms with E-state index in [2.05, 4.69) is 19.9 Å². The molecule has 2 nitrogen and oxygen atoms in total. The Morgan fingerprint density at radius 2 is 1.39 bits per heavy atom. The number of ketones is 2. The minimum Gasteiger partial charge on any atom is -0.293 e. The second-order valence-corrected chi connectivity index (χ2v) is 5.88. The number of carbonyl (C=O) groups is 2. The molecule has 3 rings (SSSR count). The van der Waals surface area contributed by atoms with E-state index >= 15 is 0 Å². The highest BCUT2D eigenvalue weighted by molar-refractivity contribution is 6.31. The van der Waals surface area contributed by atoms with Gasteiger partial charge >= 0.3 is 0 Å². The molecule has 124 valence electrons. The van der Waals surface area contributed by atoms with Crippen molar-refractivity contribution < 1.29 is 9.59 Å². The monoisotopic (exact) mass is 312 g/mol. The van der Waals surface area contributed by atoms with Crippen molar-refractivity contribution in [2.75, 3.05) is 0 Å². The lowest BCUT2D eigenvalue weighted by molar-refractivity contribution is -0.124. The van der Waals surface area contributed by atoms with E-state index in [0.29, 0.717) is 11.1 Å². The number of carbonyl (C=O) groups excluding carboxylic acids is 2. The van der Waals surface area contributed by atoms with Crippen LogP contribution >= 0.6 is 0 Å². The minimum absolute atomic E-state index is 0.0443. The molecule has 1 atom stereocenters. The van der Waals surface area contributed by atoms with Crippen LogP contribution in [0, 0.1) is 5.92 Å². The van der Waals surface area contributed by atoms with Gasteiger partial charge in [-0.1, -0.05) is 71.9 Å². The van der Waals surface area contributed by atoms with E-state index in [-0.39, 0.29) is 17.0 Å². The number of allylic oxidation sites excluding steroid dienone is 3. The van der Waals surface area contributed by atoms with Gasteiger partial charge in [0.05, 0.1) is 5.92 Å². The van der Waals surface area contributed by atoms with Gasteiger partial charge in [0, 0.05) is 16.6 Å². The fourth-order valence-corrected chi connectivity index (χ4v) is 2.95. The SMILES string of the molecule is CC.CC.CC1C(=O)C2=Cc3ccccc3C(C)(C)C=C2C1=O. The summed E-state index contributed by atoms with van der Waals surface area (Å²) in [5, 5.41) is 0. The Morgan fingerprint density at radius 1 is 0.870 bits per heavy atom. The predicted octanol–water partition coefficient (Wildman–Crippen LogP) is 5.13. The number of rotatable bonds is 0. The van der Waals surface area contributed by atoms with Gasteiger partial charge in [-0.3, -0.25) is 9.59 Å². The van der Waals surface area contributed by atoms with Crippen LogP contribution in [0.1, 0.15) is 59.6 Å². The highest BCUT2D eigenvalue weighted by Gasteiger charge is 2.41. The fourth-order valence-electron chi connectivity index (χ4n) is 2.95. The Kier molecular flexibility index (Phi) is 6.26. The average Bonchev–Trinajstić information content (AvgIpc) is 2.71. The quantitative estimate of drug-likeness (QED) is 0.622. The molecule has 2 aliphatic rings. The molecule has 1 fully saturated rings. The number of benzene rings is 1. The summed E-state index contributed by atoms with van der Waals surface area (Å²) in [6.07, 6.45) is 3.83. The van der Waals surface area contributed by atoms with E-state index in [1.807, 2.05) is 58.0 Å². The third-order valence-corrected chi connectivity index (χ3v) is 4.07. The van der Waals surface area contributed by atoms with Crippen LogP contribution in [0.2, 0.25) is 0 Å². The zero-order valence-corrected chi connectivity index (χ0v) is 15.4. The van der Waals surface area contributed by atoms with Crippen molar-refractivity contribution in [3.8, 4) is 0 Å². The van der Waals surface area contributed by atoms with Gasteiger partial charge in [-0.2, -0.15) is 0 Å². The van der Waals surface area contributed by atoms with Crippen LogP contribution in [-0.4, -0.2) is 11.6 Å². The molecule has 0 bridgehead atoms. The summed E-state index contributed by atoms with van der Waals surface area (Å²) in [6, 6.07) is 8.01. The standard InChI is InChI=1S/C17H16O2.2C2H6/c1-10-15(18)12-8-11-6-4-5-7-14(11)17(2,3)9-13(12)16(10)19;2*1-2/h4-10H,1-3H3;2*1-2H3. The summed E-state index contributed by atoms with van der Waals surface area (Å²) in [5.41, 5.74) is 3.11. The van der Waals surface area contributed by atoms with Crippen LogP contribution in [0.15, 0.2) is 41.5 Å². The third kappa shape index (κ3) is 3.36. The molecule has 0 spiro atoms. The van der Waals surface area contributed by atoms with Gasteiger partial charge in [-0.15, -0.1) is 0 Å². The van der Waals surface area contributed by atoms with Crippen LogP contribution in [0.5, 0.6) is 0 Å². The first kappa shape index (κ1) is 19.1. The van der Waals surface area contributed by atoms with Crippen LogP contribution in [0.25, 0.3) is 6.08 Å². The molecule has 0 heterocycles. The van der Waals surface area contributed by atoms with E-state index < -0.39 is 5.92 Å². The molecule has 0 amide bonds. The summed E-state index contributed by atoms with van der Waals surface area (Å²) in [5.74, 6) is -0.626. The van der Waals surface area contributed by atoms with Gasteiger partial charge in [-0.25, -0.2) is 0 Å². The van der Waals surface area contributed by atoms with Gasteiger partial charge in [0.2, 0.25) is 0 Å². The molecule has 0 radical (unpaired) electrons. The summed E-state index contributed by atoms with van der Waals surface area (Å²) in [7, 11) is 0. The van der Waals surface area contributed by atoms with Crippen molar-refractivity contribution >= 4 is 17.6 Å². The maximum atomic E-state index is 12.2. The molecular weight excluding hydrogens is 284 g/mol. The van der Waals surface area contributed by atoms with Crippen molar-refractivity contribution in [2.45, 2.75) is 53.9 Å². The van der Waals surface area contributed by atoms with Crippen molar-refractivity contribution in [3.05, 3.63) is 52.6 Å². The van der Waals surface area contributed by atoms with Crippen molar-refractivity contribution in [2.24, 2.45) is 5.92 Å². The van der Waals surface area contributed by atoms with Gasteiger partial charge in [0.1, 0.15) is 0 Å². The van der Waals surface area contributed by atoms with Crippen LogP contribution in [0.4, 0.5) is 0 Å². The molecule has 0 aliphatic heterocycles. The lowest BCUT2D eigenvalue weighted by Crippen LogP contribution is -2.17. The number of Topliss-reactive ketones (excluding diaryl/α,β-unsaturated/α-hetero) is 2. The van der Waals surface area contributed by atoms with Crippen molar-refractivity contribution in [1.82, 2.24) is 0 Å². The van der Waals surface area contributed by atoms with Crippen molar-refractivity contribution in [1.29, 1.82) is 0 Å². The molecule has 1 unspecified atom stereocenters. The second-order valence-electron chi connectivity index (χ2n) is 5.88. The summed E-state index contributed by atoms with van der Waals surface area (Å²) < 4.78 is 0. The molecule has 0 N–H and O–H groups in total. The predicted molar refractivity (Wildman–Crippen MR) is 97.4 cm³/mol. The summed E-state index contributed by atoms with van der Waals surface area (Å²) >= 11 is 0. The zero-order valence-electron chi connectivity index (χ0n) is 15.4. The number of hydrogen-bond acceptors (Lipinski definition) is 2. The molecule has 0 aromatic heterocycles. The van der Waals surface area contributed by atoms with Gasteiger partial charge in [0.15, 0.2) is 11.6 Å². The van der Waals surface area contributed by atoms with Gasteiger partial charge in [-0.05, 0) is 24.1 Å². The third-order valence-electron chi connectivity index (χ3n) is 4.07. The minimum atomic E-state index is -0.529. The molecule has 2 aliphatic carbocycles. The molecule has 2 heteroatoms.